The van der Waals surface area contributed by atoms with Crippen LogP contribution in [0.25, 0.3) is 0 Å². The Morgan fingerprint density at radius 3 is 2.38 bits per heavy atom. The van der Waals surface area contributed by atoms with Crippen LogP contribution in [0.2, 0.25) is 0 Å². The van der Waals surface area contributed by atoms with E-state index in [1.807, 2.05) is 6.92 Å². The molecule has 0 aromatic carbocycles. The molecule has 2 N–H and O–H groups in total. The van der Waals surface area contributed by atoms with E-state index in [1.165, 1.54) is 0 Å². The molecule has 1 atom stereocenters. The van der Waals surface area contributed by atoms with Gasteiger partial charge in [-0.25, -0.2) is 0 Å². The minimum Gasteiger partial charge on any atom is -0.337 e. The van der Waals surface area contributed by atoms with E-state index in [0.29, 0.717) is 5.82 Å². The highest BCUT2D eigenvalue weighted by Crippen LogP contribution is 2.46. The first-order chi connectivity index (χ1) is 7.17. The largest absolute Gasteiger partial charge is 0.415 e. The normalized spacial score (nSPS) is 22.9. The third-order valence-corrected chi connectivity index (χ3v) is 3.00. The standard InChI is InChI=1S/C9H12F3N3O/c1-7(3-4-7)5-14-6(16-15-5)8(2,13)9(10,11)12/h3-4,13H2,1-2H3. The molecule has 2 rings (SSSR count). The van der Waals surface area contributed by atoms with E-state index in [2.05, 4.69) is 14.7 Å². The van der Waals surface area contributed by atoms with Gasteiger partial charge in [0.2, 0.25) is 0 Å². The fourth-order valence-electron chi connectivity index (χ4n) is 1.21. The van der Waals surface area contributed by atoms with Crippen LogP contribution in [-0.2, 0) is 11.0 Å². The smallest absolute Gasteiger partial charge is 0.337 e. The molecule has 1 heterocycles. The molecule has 1 aromatic heterocycles. The van der Waals surface area contributed by atoms with Crippen molar-refractivity contribution in [1.82, 2.24) is 10.1 Å². The van der Waals surface area contributed by atoms with Crippen LogP contribution in [0, 0.1) is 0 Å². The molecule has 1 aromatic rings. The second-order valence-corrected chi connectivity index (χ2v) is 4.68. The van der Waals surface area contributed by atoms with E-state index in [9.17, 15) is 13.2 Å². The first-order valence-corrected chi connectivity index (χ1v) is 4.87. The van der Waals surface area contributed by atoms with Gasteiger partial charge in [-0.3, -0.25) is 0 Å². The lowest BCUT2D eigenvalue weighted by Gasteiger charge is -2.22. The van der Waals surface area contributed by atoms with E-state index < -0.39 is 17.6 Å². The lowest BCUT2D eigenvalue weighted by molar-refractivity contribution is -0.190. The summed E-state index contributed by atoms with van der Waals surface area (Å²) in [6, 6.07) is 0. The highest BCUT2D eigenvalue weighted by Gasteiger charge is 2.54. The van der Waals surface area contributed by atoms with E-state index in [0.717, 1.165) is 19.8 Å². The predicted molar refractivity (Wildman–Crippen MR) is 48.5 cm³/mol. The number of aromatic nitrogens is 2. The maximum absolute atomic E-state index is 12.6. The SMILES string of the molecule is CC1(c2noc(C(C)(N)C(F)(F)F)n2)CC1. The molecule has 16 heavy (non-hydrogen) atoms. The number of rotatable bonds is 2. The number of nitrogens with zero attached hydrogens (tertiary/aromatic N) is 2. The van der Waals surface area contributed by atoms with Gasteiger partial charge < -0.3 is 10.3 Å². The number of alkyl halides is 3. The van der Waals surface area contributed by atoms with E-state index in [1.54, 1.807) is 0 Å². The summed E-state index contributed by atoms with van der Waals surface area (Å²) in [4.78, 5) is 3.76. The quantitative estimate of drug-likeness (QED) is 0.849. The van der Waals surface area contributed by atoms with Crippen molar-refractivity contribution >= 4 is 0 Å². The molecule has 1 saturated carbocycles. The Kier molecular flexibility index (Phi) is 2.11. The minimum atomic E-state index is -4.61. The summed E-state index contributed by atoms with van der Waals surface area (Å²) in [5.74, 6) is -0.272. The van der Waals surface area contributed by atoms with Gasteiger partial charge in [0.25, 0.3) is 5.89 Å². The van der Waals surface area contributed by atoms with Gasteiger partial charge in [0.15, 0.2) is 11.4 Å². The molecular weight excluding hydrogens is 223 g/mol. The van der Waals surface area contributed by atoms with Crippen molar-refractivity contribution < 1.29 is 17.7 Å². The van der Waals surface area contributed by atoms with Gasteiger partial charge in [-0.05, 0) is 19.8 Å². The van der Waals surface area contributed by atoms with E-state index in [-0.39, 0.29) is 5.41 Å². The molecule has 1 aliphatic carbocycles. The third kappa shape index (κ3) is 1.59. The van der Waals surface area contributed by atoms with Crippen LogP contribution in [-0.4, -0.2) is 16.3 Å². The summed E-state index contributed by atoms with van der Waals surface area (Å²) < 4.78 is 42.4. The second kappa shape index (κ2) is 2.97. The van der Waals surface area contributed by atoms with Gasteiger partial charge in [0.05, 0.1) is 0 Å². The Bertz CT molecular complexity index is 406. The van der Waals surface area contributed by atoms with Crippen LogP contribution in [0.3, 0.4) is 0 Å². The van der Waals surface area contributed by atoms with Gasteiger partial charge in [-0.15, -0.1) is 0 Å². The average molecular weight is 235 g/mol. The molecule has 0 radical (unpaired) electrons. The zero-order valence-electron chi connectivity index (χ0n) is 8.93. The fraction of sp³-hybridized carbons (Fsp3) is 0.778. The van der Waals surface area contributed by atoms with Gasteiger partial charge in [-0.2, -0.15) is 18.2 Å². The van der Waals surface area contributed by atoms with Crippen LogP contribution in [0.1, 0.15) is 38.4 Å². The second-order valence-electron chi connectivity index (χ2n) is 4.68. The van der Waals surface area contributed by atoms with Gasteiger partial charge >= 0.3 is 6.18 Å². The Labute approximate surface area is 90.0 Å². The molecule has 0 spiro atoms. The number of hydrogen-bond donors (Lipinski definition) is 1. The molecule has 1 fully saturated rings. The van der Waals surface area contributed by atoms with E-state index >= 15 is 0 Å². The molecule has 4 nitrogen and oxygen atoms in total. The monoisotopic (exact) mass is 235 g/mol. The Hall–Kier alpha value is -1.11. The molecule has 0 aliphatic heterocycles. The van der Waals surface area contributed by atoms with Crippen LogP contribution in [0.4, 0.5) is 13.2 Å². The molecule has 1 aliphatic rings. The highest BCUT2D eigenvalue weighted by atomic mass is 19.4. The zero-order chi connectivity index (χ0) is 12.2. The molecular formula is C9H12F3N3O. The minimum absolute atomic E-state index is 0.233. The predicted octanol–water partition coefficient (Wildman–Crippen LogP) is 1.86. The maximum Gasteiger partial charge on any atom is 0.415 e. The lowest BCUT2D eigenvalue weighted by atomic mass is 10.0. The van der Waals surface area contributed by atoms with Crippen LogP contribution < -0.4 is 5.73 Å². The van der Waals surface area contributed by atoms with E-state index in [4.69, 9.17) is 5.73 Å². The topological polar surface area (TPSA) is 64.9 Å². The summed E-state index contributed by atoms with van der Waals surface area (Å²) in [5, 5.41) is 3.56. The molecule has 7 heteroatoms. The Morgan fingerprint density at radius 1 is 1.38 bits per heavy atom. The molecule has 90 valence electrons. The molecule has 0 bridgehead atoms. The summed E-state index contributed by atoms with van der Waals surface area (Å²) in [5.41, 5.74) is 2.34. The summed E-state index contributed by atoms with van der Waals surface area (Å²) in [6.07, 6.45) is -2.89. The molecule has 0 amide bonds. The number of nitrogens with two attached hydrogens (primary N) is 1. The van der Waals surface area contributed by atoms with Crippen molar-refractivity contribution in [2.75, 3.05) is 0 Å². The van der Waals surface area contributed by atoms with Gasteiger partial charge in [0, 0.05) is 5.41 Å². The summed E-state index contributed by atoms with van der Waals surface area (Å²) >= 11 is 0. The fourth-order valence-corrected chi connectivity index (χ4v) is 1.21. The van der Waals surface area contributed by atoms with Crippen molar-refractivity contribution in [3.63, 3.8) is 0 Å². The number of hydrogen-bond acceptors (Lipinski definition) is 4. The average Bonchev–Trinajstić information content (AvgIpc) is 2.71. The Morgan fingerprint density at radius 2 is 1.94 bits per heavy atom. The van der Waals surface area contributed by atoms with Gasteiger partial charge in [-0.1, -0.05) is 12.1 Å². The number of halogens is 3. The van der Waals surface area contributed by atoms with Crippen molar-refractivity contribution in [2.45, 2.75) is 43.8 Å². The third-order valence-electron chi connectivity index (χ3n) is 3.00. The molecule has 0 saturated heterocycles. The van der Waals surface area contributed by atoms with Crippen LogP contribution in [0.5, 0.6) is 0 Å². The first kappa shape index (κ1) is 11.4. The summed E-state index contributed by atoms with van der Waals surface area (Å²) in [7, 11) is 0. The maximum atomic E-state index is 12.6. The lowest BCUT2D eigenvalue weighted by Crippen LogP contribution is -2.48. The van der Waals surface area contributed by atoms with Crippen molar-refractivity contribution in [1.29, 1.82) is 0 Å². The van der Waals surface area contributed by atoms with Crippen molar-refractivity contribution in [2.24, 2.45) is 5.73 Å². The highest BCUT2D eigenvalue weighted by molar-refractivity contribution is 5.16. The first-order valence-electron chi connectivity index (χ1n) is 4.87. The van der Waals surface area contributed by atoms with Crippen molar-refractivity contribution in [3.05, 3.63) is 11.7 Å². The summed E-state index contributed by atoms with van der Waals surface area (Å²) in [6.45, 7) is 2.70. The molecule has 1 unspecified atom stereocenters. The zero-order valence-corrected chi connectivity index (χ0v) is 8.93. The Balaban J connectivity index is 2.32. The van der Waals surface area contributed by atoms with Crippen LogP contribution in [0.15, 0.2) is 4.52 Å². The van der Waals surface area contributed by atoms with Crippen LogP contribution >= 0.6 is 0 Å². The van der Waals surface area contributed by atoms with Crippen molar-refractivity contribution in [3.8, 4) is 0 Å². The van der Waals surface area contributed by atoms with Gasteiger partial charge in [0.1, 0.15) is 0 Å².